The van der Waals surface area contributed by atoms with Crippen molar-refractivity contribution in [1.82, 2.24) is 0 Å². The van der Waals surface area contributed by atoms with E-state index in [9.17, 15) is 19.0 Å². The van der Waals surface area contributed by atoms with E-state index in [4.69, 9.17) is 18.5 Å². The molecule has 0 aromatic rings. The van der Waals surface area contributed by atoms with Crippen LogP contribution in [0, 0.1) is 0 Å². The Morgan fingerprint density at radius 1 is 0.397 bits per heavy atom. The molecule has 1 N–H and O–H groups in total. The third-order valence-corrected chi connectivity index (χ3v) is 14.0. The molecule has 0 bridgehead atoms. The first kappa shape index (κ1) is 74.4. The molecule has 2 unspecified atom stereocenters. The largest absolute Gasteiger partial charge is 0.472 e. The first-order chi connectivity index (χ1) is 38.0. The van der Waals surface area contributed by atoms with Crippen molar-refractivity contribution >= 4 is 19.8 Å². The predicted octanol–water partition coefficient (Wildman–Crippen LogP) is 19.9. The molecule has 0 aromatic heterocycles. The molecule has 0 rings (SSSR count). The molecular weight excluding hydrogens is 990 g/mol. The van der Waals surface area contributed by atoms with E-state index in [0.717, 1.165) is 96.3 Å². The zero-order valence-electron chi connectivity index (χ0n) is 50.6. The van der Waals surface area contributed by atoms with Crippen molar-refractivity contribution in [1.29, 1.82) is 0 Å². The van der Waals surface area contributed by atoms with Crippen LogP contribution in [0.4, 0.5) is 0 Å². The molecule has 0 heterocycles. The Hall–Kier alpha value is -3.59. The van der Waals surface area contributed by atoms with Gasteiger partial charge < -0.3 is 18.9 Å². The van der Waals surface area contributed by atoms with Gasteiger partial charge in [0.25, 0.3) is 0 Å². The van der Waals surface area contributed by atoms with Crippen LogP contribution in [0.3, 0.4) is 0 Å². The van der Waals surface area contributed by atoms with Gasteiger partial charge in [0.1, 0.15) is 19.8 Å². The van der Waals surface area contributed by atoms with E-state index >= 15 is 0 Å². The van der Waals surface area contributed by atoms with Gasteiger partial charge in [0.05, 0.1) is 27.7 Å². The predicted molar refractivity (Wildman–Crippen MR) is 334 cm³/mol. The molecule has 10 heteroatoms. The van der Waals surface area contributed by atoms with Gasteiger partial charge in [-0.3, -0.25) is 18.6 Å². The number of carbonyl (C=O) groups excluding carboxylic acids is 2. The fourth-order valence-corrected chi connectivity index (χ4v) is 8.99. The zero-order valence-corrected chi connectivity index (χ0v) is 51.5. The summed E-state index contributed by atoms with van der Waals surface area (Å²) in [4.78, 5) is 35.7. The standard InChI is InChI=1S/C68H116NO8P/c1-6-8-10-12-14-16-18-20-22-24-26-28-29-30-31-32-33-34-35-36-37-38-39-41-42-44-46-48-50-52-54-56-58-60-67(70)74-64-66(65-76-78(72,73)75-63-62-69(3,4)5)77-68(71)61-59-57-55-53-51-49-47-45-43-40-27-25-23-21-19-17-15-13-11-9-7-2/h8-11,14-17,20-23,26-28,40,45,47,51,53,66H,6-7,12-13,18-19,24-25,29-39,41-44,46,48-50,52,54-65H2,1-5H3/p+1/b10-8-,11-9-,16-14-,17-15-,22-20-,23-21-,28-26-,40-27-,47-45-,53-51-. The number of carbonyl (C=O) groups is 2. The first-order valence-corrected chi connectivity index (χ1v) is 32.8. The summed E-state index contributed by atoms with van der Waals surface area (Å²) in [6, 6.07) is 0. The number of nitrogens with zero attached hydrogens (tertiary/aromatic N) is 1. The number of phosphoric acid groups is 1. The molecular formula is C68H117NO8P+. The van der Waals surface area contributed by atoms with Crippen molar-refractivity contribution in [2.45, 2.75) is 251 Å². The lowest BCUT2D eigenvalue weighted by Gasteiger charge is -2.24. The van der Waals surface area contributed by atoms with Gasteiger partial charge in [0, 0.05) is 12.8 Å². The summed E-state index contributed by atoms with van der Waals surface area (Å²) in [5.41, 5.74) is 0. The Bertz CT molecular complexity index is 1730. The number of hydrogen-bond donors (Lipinski definition) is 1. The quantitative estimate of drug-likeness (QED) is 0.0211. The monoisotopic (exact) mass is 1110 g/mol. The number of likely N-dealkylation sites (N-methyl/N-ethyl adjacent to an activating group) is 1. The second kappa shape index (κ2) is 58.1. The number of unbranched alkanes of at least 4 members (excludes halogenated alkanes) is 22. The number of esters is 2. The van der Waals surface area contributed by atoms with Gasteiger partial charge in [0.2, 0.25) is 0 Å². The van der Waals surface area contributed by atoms with E-state index in [1.165, 1.54) is 116 Å². The van der Waals surface area contributed by atoms with Crippen molar-refractivity contribution < 1.29 is 42.1 Å². The van der Waals surface area contributed by atoms with Crippen LogP contribution >= 0.6 is 7.82 Å². The molecule has 446 valence electrons. The first-order valence-electron chi connectivity index (χ1n) is 31.3. The SMILES string of the molecule is CC/C=C\C/C=C\C/C=C\C/C=C\C/C=C\C/C=C\CCCCC(=O)OC(COC(=O)CCCCCCCCCCCCCCCCCCCCCC/C=C\C/C=C\C/C=C\C/C=C\CC)COP(=O)(O)OCC[N+](C)(C)C. The molecule has 0 aliphatic carbocycles. The summed E-state index contributed by atoms with van der Waals surface area (Å²) in [5.74, 6) is -0.849. The van der Waals surface area contributed by atoms with E-state index in [1.807, 2.05) is 21.1 Å². The number of hydrogen-bond acceptors (Lipinski definition) is 7. The van der Waals surface area contributed by atoms with Gasteiger partial charge in [-0.05, 0) is 103 Å². The van der Waals surface area contributed by atoms with E-state index < -0.39 is 26.5 Å². The summed E-state index contributed by atoms with van der Waals surface area (Å²) in [6.45, 7) is 4.16. The molecule has 0 radical (unpaired) electrons. The number of quaternary nitrogens is 1. The molecule has 0 aliphatic heterocycles. The van der Waals surface area contributed by atoms with E-state index in [1.54, 1.807) is 0 Å². The summed E-state index contributed by atoms with van der Waals surface area (Å²) in [5, 5.41) is 0. The smallest absolute Gasteiger partial charge is 0.462 e. The maximum absolute atomic E-state index is 12.8. The summed E-state index contributed by atoms with van der Waals surface area (Å²) >= 11 is 0. The number of ether oxygens (including phenoxy) is 2. The van der Waals surface area contributed by atoms with Gasteiger partial charge in [-0.25, -0.2) is 4.57 Å². The zero-order chi connectivity index (χ0) is 57.0. The van der Waals surface area contributed by atoms with Crippen LogP contribution < -0.4 is 0 Å². The molecule has 0 aromatic carbocycles. The van der Waals surface area contributed by atoms with Gasteiger partial charge in [-0.15, -0.1) is 0 Å². The van der Waals surface area contributed by atoms with Crippen LogP contribution in [0.2, 0.25) is 0 Å². The molecule has 0 spiro atoms. The van der Waals surface area contributed by atoms with Crippen molar-refractivity contribution in [2.75, 3.05) is 47.5 Å². The number of allylic oxidation sites excluding steroid dienone is 20. The van der Waals surface area contributed by atoms with Crippen molar-refractivity contribution in [3.8, 4) is 0 Å². The van der Waals surface area contributed by atoms with Crippen LogP contribution in [-0.4, -0.2) is 74.9 Å². The topological polar surface area (TPSA) is 108 Å². The second-order valence-corrected chi connectivity index (χ2v) is 23.1. The molecule has 78 heavy (non-hydrogen) atoms. The van der Waals surface area contributed by atoms with Crippen LogP contribution in [0.5, 0.6) is 0 Å². The van der Waals surface area contributed by atoms with Gasteiger partial charge in [-0.1, -0.05) is 251 Å². The maximum Gasteiger partial charge on any atom is 0.472 e. The van der Waals surface area contributed by atoms with Gasteiger partial charge in [0.15, 0.2) is 6.10 Å². The normalized spacial score (nSPS) is 14.1. The highest BCUT2D eigenvalue weighted by atomic mass is 31.2. The highest BCUT2D eigenvalue weighted by Gasteiger charge is 2.27. The Morgan fingerprint density at radius 2 is 0.692 bits per heavy atom. The number of rotatable bonds is 56. The Balaban J connectivity index is 4.11. The fraction of sp³-hybridized carbons (Fsp3) is 0.676. The lowest BCUT2D eigenvalue weighted by Crippen LogP contribution is -2.37. The highest BCUT2D eigenvalue weighted by Crippen LogP contribution is 2.43. The summed E-state index contributed by atoms with van der Waals surface area (Å²) in [7, 11) is 1.44. The minimum absolute atomic E-state index is 0.0181. The Kier molecular flexibility index (Phi) is 55.4. The minimum atomic E-state index is -4.41. The highest BCUT2D eigenvalue weighted by molar-refractivity contribution is 7.47. The molecule has 2 atom stereocenters. The molecule has 0 saturated carbocycles. The lowest BCUT2D eigenvalue weighted by atomic mass is 10.0. The molecule has 0 amide bonds. The average Bonchev–Trinajstić information content (AvgIpc) is 3.41. The van der Waals surface area contributed by atoms with Gasteiger partial charge >= 0.3 is 19.8 Å². The van der Waals surface area contributed by atoms with E-state index in [2.05, 4.69) is 135 Å². The minimum Gasteiger partial charge on any atom is -0.462 e. The molecule has 0 fully saturated rings. The van der Waals surface area contributed by atoms with Crippen LogP contribution in [0.15, 0.2) is 122 Å². The van der Waals surface area contributed by atoms with Crippen LogP contribution in [-0.2, 0) is 32.7 Å². The third-order valence-electron chi connectivity index (χ3n) is 13.0. The van der Waals surface area contributed by atoms with Crippen LogP contribution in [0.25, 0.3) is 0 Å². The third kappa shape index (κ3) is 61.6. The van der Waals surface area contributed by atoms with E-state index in [-0.39, 0.29) is 32.0 Å². The second-order valence-electron chi connectivity index (χ2n) is 21.7. The van der Waals surface area contributed by atoms with Crippen molar-refractivity contribution in [2.24, 2.45) is 0 Å². The summed E-state index contributed by atoms with van der Waals surface area (Å²) < 4.78 is 34.6. The van der Waals surface area contributed by atoms with E-state index in [0.29, 0.717) is 17.4 Å². The molecule has 9 nitrogen and oxygen atoms in total. The summed E-state index contributed by atoms with van der Waals surface area (Å²) in [6.07, 6.45) is 82.9. The van der Waals surface area contributed by atoms with Gasteiger partial charge in [-0.2, -0.15) is 0 Å². The lowest BCUT2D eigenvalue weighted by molar-refractivity contribution is -0.870. The number of phosphoric ester groups is 1. The Morgan fingerprint density at radius 3 is 1.05 bits per heavy atom. The van der Waals surface area contributed by atoms with Crippen molar-refractivity contribution in [3.05, 3.63) is 122 Å². The average molecular weight is 1110 g/mol. The fourth-order valence-electron chi connectivity index (χ4n) is 8.25. The maximum atomic E-state index is 12.8. The van der Waals surface area contributed by atoms with Crippen molar-refractivity contribution in [3.63, 3.8) is 0 Å². The molecule has 0 aliphatic rings. The molecule has 0 saturated heterocycles. The van der Waals surface area contributed by atoms with Crippen LogP contribution in [0.1, 0.15) is 245 Å². The Labute approximate surface area is 479 Å².